The monoisotopic (exact) mass is 463 g/mol. The van der Waals surface area contributed by atoms with Gasteiger partial charge in [-0.15, -0.1) is 0 Å². The van der Waals surface area contributed by atoms with Crippen LogP contribution in [0.2, 0.25) is 0 Å². The molecule has 0 aliphatic carbocycles. The standard InChI is InChI=1S/C24H33NO4S2/c1-24(2,3)30(26,27)19-22-14-11-20(12-15-22)10-13-21-8-7-9-23(18-21)31(28,29)25-16-5-4-6-17-25/h7-9,11-12,14-15,18H,4-6,10,13,16-17,19H2,1-3H3. The third kappa shape index (κ3) is 5.96. The minimum absolute atomic E-state index is 0.0349. The highest BCUT2D eigenvalue weighted by atomic mass is 32.2. The van der Waals surface area contributed by atoms with Gasteiger partial charge in [-0.2, -0.15) is 4.31 Å². The van der Waals surface area contributed by atoms with Gasteiger partial charge in [-0.25, -0.2) is 16.8 Å². The van der Waals surface area contributed by atoms with Crippen LogP contribution in [0.4, 0.5) is 0 Å². The number of piperidine rings is 1. The van der Waals surface area contributed by atoms with Crippen LogP contribution in [0.5, 0.6) is 0 Å². The molecule has 2 aromatic carbocycles. The van der Waals surface area contributed by atoms with E-state index in [1.807, 2.05) is 36.4 Å². The zero-order valence-corrected chi connectivity index (χ0v) is 20.3. The van der Waals surface area contributed by atoms with Gasteiger partial charge in [-0.1, -0.05) is 42.8 Å². The molecule has 0 N–H and O–H groups in total. The lowest BCUT2D eigenvalue weighted by Gasteiger charge is -2.26. The van der Waals surface area contributed by atoms with Crippen LogP contribution in [0.15, 0.2) is 53.4 Å². The molecule has 0 spiro atoms. The molecule has 0 aromatic heterocycles. The van der Waals surface area contributed by atoms with E-state index in [0.29, 0.717) is 18.0 Å². The number of nitrogens with zero attached hydrogens (tertiary/aromatic N) is 1. The Kier molecular flexibility index (Phi) is 7.28. The minimum atomic E-state index is -3.43. The Labute approximate surface area is 187 Å². The maximum absolute atomic E-state index is 12.9. The summed E-state index contributed by atoms with van der Waals surface area (Å²) < 4.78 is 51.4. The third-order valence-electron chi connectivity index (χ3n) is 5.87. The SMILES string of the molecule is CC(C)(C)S(=O)(=O)Cc1ccc(CCc2cccc(S(=O)(=O)N3CCCCC3)c2)cc1. The van der Waals surface area contributed by atoms with Gasteiger partial charge in [0.05, 0.1) is 15.4 Å². The highest BCUT2D eigenvalue weighted by Gasteiger charge is 2.29. The summed E-state index contributed by atoms with van der Waals surface area (Å²) in [5, 5.41) is 0. The lowest BCUT2D eigenvalue weighted by Crippen LogP contribution is -2.35. The molecule has 0 amide bonds. The zero-order valence-electron chi connectivity index (χ0n) is 18.7. The number of sulfone groups is 1. The molecule has 1 saturated heterocycles. The van der Waals surface area contributed by atoms with Crippen molar-refractivity contribution in [3.63, 3.8) is 0 Å². The molecule has 2 aromatic rings. The lowest BCUT2D eigenvalue weighted by atomic mass is 10.0. The summed E-state index contributed by atoms with van der Waals surface area (Å²) >= 11 is 0. The topological polar surface area (TPSA) is 71.5 Å². The fraction of sp³-hybridized carbons (Fsp3) is 0.500. The van der Waals surface area contributed by atoms with Crippen molar-refractivity contribution < 1.29 is 16.8 Å². The van der Waals surface area contributed by atoms with Gasteiger partial charge >= 0.3 is 0 Å². The van der Waals surface area contributed by atoms with Gasteiger partial charge in [-0.05, 0) is 75.3 Å². The van der Waals surface area contributed by atoms with E-state index in [4.69, 9.17) is 0 Å². The van der Waals surface area contributed by atoms with Crippen molar-refractivity contribution in [1.82, 2.24) is 4.31 Å². The van der Waals surface area contributed by atoms with Crippen molar-refractivity contribution in [2.24, 2.45) is 0 Å². The predicted octanol–water partition coefficient (Wildman–Crippen LogP) is 4.36. The lowest BCUT2D eigenvalue weighted by molar-refractivity contribution is 0.346. The largest absolute Gasteiger partial charge is 0.243 e. The van der Waals surface area contributed by atoms with E-state index >= 15 is 0 Å². The van der Waals surface area contributed by atoms with Gasteiger partial charge in [-0.3, -0.25) is 0 Å². The molecule has 0 radical (unpaired) electrons. The van der Waals surface area contributed by atoms with Gasteiger partial charge in [0.25, 0.3) is 0 Å². The second kappa shape index (κ2) is 9.43. The molecule has 1 fully saturated rings. The quantitative estimate of drug-likeness (QED) is 0.612. The van der Waals surface area contributed by atoms with E-state index in [0.717, 1.165) is 48.8 Å². The van der Waals surface area contributed by atoms with E-state index < -0.39 is 24.6 Å². The van der Waals surface area contributed by atoms with Crippen molar-refractivity contribution in [3.05, 3.63) is 65.2 Å². The first-order chi connectivity index (χ1) is 14.5. The van der Waals surface area contributed by atoms with Crippen LogP contribution in [-0.4, -0.2) is 39.0 Å². The first-order valence-corrected chi connectivity index (χ1v) is 14.0. The van der Waals surface area contributed by atoms with E-state index in [2.05, 4.69) is 0 Å². The average Bonchev–Trinajstić information content (AvgIpc) is 2.73. The van der Waals surface area contributed by atoms with E-state index in [1.165, 1.54) is 0 Å². The molecule has 170 valence electrons. The third-order valence-corrected chi connectivity index (χ3v) is 10.3. The summed E-state index contributed by atoms with van der Waals surface area (Å²) in [4.78, 5) is 0.370. The highest BCUT2D eigenvalue weighted by molar-refractivity contribution is 7.92. The van der Waals surface area contributed by atoms with E-state index in [-0.39, 0.29) is 5.75 Å². The van der Waals surface area contributed by atoms with Crippen LogP contribution in [0.3, 0.4) is 0 Å². The fourth-order valence-corrected chi connectivity index (χ4v) is 6.29. The van der Waals surface area contributed by atoms with Crippen LogP contribution in [0.25, 0.3) is 0 Å². The van der Waals surface area contributed by atoms with Crippen molar-refractivity contribution in [1.29, 1.82) is 0 Å². The molecular formula is C24H33NO4S2. The number of hydrogen-bond donors (Lipinski definition) is 0. The zero-order chi connectivity index (χ0) is 22.7. The van der Waals surface area contributed by atoms with Crippen molar-refractivity contribution >= 4 is 19.9 Å². The molecule has 0 saturated carbocycles. The summed E-state index contributed by atoms with van der Waals surface area (Å²) in [7, 11) is -6.63. The molecule has 1 aliphatic heterocycles. The fourth-order valence-electron chi connectivity index (χ4n) is 3.64. The Hall–Kier alpha value is -1.70. The summed E-state index contributed by atoms with van der Waals surface area (Å²) in [6, 6.07) is 14.9. The molecule has 7 heteroatoms. The Morgan fingerprint density at radius 3 is 1.97 bits per heavy atom. The summed E-state index contributed by atoms with van der Waals surface area (Å²) in [6.45, 7) is 6.36. The second-order valence-corrected chi connectivity index (χ2v) is 14.0. The Balaban J connectivity index is 1.65. The first-order valence-electron chi connectivity index (χ1n) is 10.9. The van der Waals surface area contributed by atoms with Crippen molar-refractivity contribution in [3.8, 4) is 0 Å². The molecular weight excluding hydrogens is 430 g/mol. The number of sulfonamides is 1. The predicted molar refractivity (Wildman–Crippen MR) is 125 cm³/mol. The molecule has 0 unspecified atom stereocenters. The van der Waals surface area contributed by atoms with Gasteiger partial charge < -0.3 is 0 Å². The highest BCUT2D eigenvalue weighted by Crippen LogP contribution is 2.23. The molecule has 1 heterocycles. The second-order valence-electron chi connectivity index (χ2n) is 9.30. The maximum Gasteiger partial charge on any atom is 0.243 e. The van der Waals surface area contributed by atoms with Gasteiger partial charge in [0.2, 0.25) is 10.0 Å². The molecule has 0 bridgehead atoms. The van der Waals surface area contributed by atoms with Crippen LogP contribution in [-0.2, 0) is 38.5 Å². The van der Waals surface area contributed by atoms with Crippen molar-refractivity contribution in [2.45, 2.75) is 68.3 Å². The Morgan fingerprint density at radius 1 is 0.774 bits per heavy atom. The molecule has 5 nitrogen and oxygen atoms in total. The molecule has 1 aliphatic rings. The molecule has 0 atom stereocenters. The van der Waals surface area contributed by atoms with Crippen LogP contribution in [0, 0.1) is 0 Å². The van der Waals surface area contributed by atoms with Crippen LogP contribution >= 0.6 is 0 Å². The van der Waals surface area contributed by atoms with Crippen LogP contribution < -0.4 is 0 Å². The molecule has 3 rings (SSSR count). The normalized spacial score (nSPS) is 16.4. The Morgan fingerprint density at radius 2 is 1.35 bits per heavy atom. The minimum Gasteiger partial charge on any atom is -0.228 e. The number of rotatable bonds is 7. The summed E-state index contributed by atoms with van der Waals surface area (Å²) in [6.07, 6.45) is 4.42. The first kappa shape index (κ1) is 24.0. The van der Waals surface area contributed by atoms with E-state index in [9.17, 15) is 16.8 Å². The number of benzene rings is 2. The summed E-state index contributed by atoms with van der Waals surface area (Å²) in [5.41, 5.74) is 2.87. The van der Waals surface area contributed by atoms with Crippen LogP contribution in [0.1, 0.15) is 56.7 Å². The van der Waals surface area contributed by atoms with Crippen molar-refractivity contribution in [2.75, 3.05) is 13.1 Å². The number of hydrogen-bond acceptors (Lipinski definition) is 4. The molecule has 31 heavy (non-hydrogen) atoms. The Bertz CT molecular complexity index is 1090. The maximum atomic E-state index is 12.9. The van der Waals surface area contributed by atoms with E-state index in [1.54, 1.807) is 37.2 Å². The smallest absolute Gasteiger partial charge is 0.228 e. The van der Waals surface area contributed by atoms with Gasteiger partial charge in [0, 0.05) is 13.1 Å². The average molecular weight is 464 g/mol. The summed E-state index contributed by atoms with van der Waals surface area (Å²) in [5.74, 6) is 0.0349. The van der Waals surface area contributed by atoms with Gasteiger partial charge in [0.1, 0.15) is 0 Å². The number of aryl methyl sites for hydroxylation is 2. The van der Waals surface area contributed by atoms with Gasteiger partial charge in [0.15, 0.2) is 9.84 Å².